The Balaban J connectivity index is 1.60. The molecule has 1 aliphatic rings. The molecule has 106 valence electrons. The van der Waals surface area contributed by atoms with Crippen LogP contribution in [0.4, 0.5) is 0 Å². The minimum Gasteiger partial charge on any atom is -0.508 e. The molecule has 2 rings (SSSR count). The molecule has 0 spiro atoms. The van der Waals surface area contributed by atoms with Gasteiger partial charge >= 0.3 is 0 Å². The third kappa shape index (κ3) is 4.82. The van der Waals surface area contributed by atoms with E-state index in [0.717, 1.165) is 38.8 Å². The molecule has 0 aromatic heterocycles. The van der Waals surface area contributed by atoms with E-state index >= 15 is 0 Å². The Bertz CT molecular complexity index is 372. The summed E-state index contributed by atoms with van der Waals surface area (Å²) >= 11 is 0. The molecule has 0 aliphatic carbocycles. The molecule has 4 heteroatoms. The van der Waals surface area contributed by atoms with Crippen LogP contribution in [-0.4, -0.2) is 42.0 Å². The minimum absolute atomic E-state index is 0.314. The fourth-order valence-corrected chi connectivity index (χ4v) is 2.50. The van der Waals surface area contributed by atoms with Gasteiger partial charge in [0.1, 0.15) is 5.75 Å². The number of aryl methyl sites for hydroxylation is 1. The molecule has 0 radical (unpaired) electrons. The molecule has 1 fully saturated rings. The number of benzene rings is 1. The van der Waals surface area contributed by atoms with Gasteiger partial charge in [-0.25, -0.2) is 0 Å². The maximum atomic E-state index is 10.3. The van der Waals surface area contributed by atoms with Crippen LogP contribution in [0.2, 0.25) is 0 Å². The fourth-order valence-electron chi connectivity index (χ4n) is 2.50. The highest BCUT2D eigenvalue weighted by Crippen LogP contribution is 2.14. The normalized spacial score (nSPS) is 23.4. The van der Waals surface area contributed by atoms with E-state index in [4.69, 9.17) is 0 Å². The number of piperidine rings is 1. The maximum absolute atomic E-state index is 10.3. The summed E-state index contributed by atoms with van der Waals surface area (Å²) in [6.07, 6.45) is 3.95. The smallest absolute Gasteiger partial charge is 0.115 e. The predicted molar refractivity (Wildman–Crippen MR) is 76.4 cm³/mol. The Morgan fingerprint density at radius 3 is 2.74 bits per heavy atom. The lowest BCUT2D eigenvalue weighted by Gasteiger charge is -2.32. The summed E-state index contributed by atoms with van der Waals surface area (Å²) in [5.74, 6) is 0.314. The average Bonchev–Trinajstić information content (AvgIpc) is 2.41. The Hall–Kier alpha value is -1.10. The van der Waals surface area contributed by atoms with E-state index in [-0.39, 0.29) is 0 Å². The number of hydrogen-bond donors (Lipinski definition) is 4. The van der Waals surface area contributed by atoms with Crippen LogP contribution in [0.1, 0.15) is 24.8 Å². The number of aliphatic hydroxyl groups is 1. The van der Waals surface area contributed by atoms with E-state index in [1.165, 1.54) is 5.56 Å². The quantitative estimate of drug-likeness (QED) is 0.580. The van der Waals surface area contributed by atoms with E-state index in [9.17, 15) is 10.2 Å². The summed E-state index contributed by atoms with van der Waals surface area (Å²) in [6, 6.07) is 7.35. The van der Waals surface area contributed by atoms with Crippen molar-refractivity contribution in [2.24, 2.45) is 0 Å². The SMILES string of the molecule is Oc1ccc(CCCNCC2(O)CCCNC2)cc1. The van der Waals surface area contributed by atoms with Crippen LogP contribution in [-0.2, 0) is 6.42 Å². The van der Waals surface area contributed by atoms with Crippen molar-refractivity contribution < 1.29 is 10.2 Å². The molecular formula is C15H24N2O2. The van der Waals surface area contributed by atoms with E-state index in [1.807, 2.05) is 12.1 Å². The number of phenols is 1. The number of aromatic hydroxyl groups is 1. The summed E-state index contributed by atoms with van der Waals surface area (Å²) in [6.45, 7) is 3.28. The largest absolute Gasteiger partial charge is 0.508 e. The van der Waals surface area contributed by atoms with Crippen molar-refractivity contribution in [3.8, 4) is 5.75 Å². The Kier molecular flexibility index (Phi) is 5.19. The standard InChI is InChI=1S/C15H24N2O2/c18-14-6-4-13(5-7-14)3-1-9-16-11-15(19)8-2-10-17-12-15/h4-7,16-19H,1-3,8-12H2. The number of β-amino-alcohol motifs (C(OH)–C–C–N with tert-alkyl or cyclic N) is 1. The lowest BCUT2D eigenvalue weighted by Crippen LogP contribution is -2.52. The molecule has 0 amide bonds. The first kappa shape index (κ1) is 14.3. The molecule has 4 N–H and O–H groups in total. The van der Waals surface area contributed by atoms with Crippen LogP contribution in [0.3, 0.4) is 0 Å². The predicted octanol–water partition coefficient (Wildman–Crippen LogP) is 1.03. The third-order valence-electron chi connectivity index (χ3n) is 3.66. The second-order valence-electron chi connectivity index (χ2n) is 5.45. The van der Waals surface area contributed by atoms with Crippen LogP contribution >= 0.6 is 0 Å². The van der Waals surface area contributed by atoms with Crippen molar-refractivity contribution in [1.29, 1.82) is 0 Å². The third-order valence-corrected chi connectivity index (χ3v) is 3.66. The van der Waals surface area contributed by atoms with Crippen molar-refractivity contribution >= 4 is 0 Å². The molecule has 1 aliphatic heterocycles. The Morgan fingerprint density at radius 2 is 2.05 bits per heavy atom. The van der Waals surface area contributed by atoms with Gasteiger partial charge in [-0.1, -0.05) is 12.1 Å². The zero-order valence-electron chi connectivity index (χ0n) is 11.4. The lowest BCUT2D eigenvalue weighted by atomic mass is 9.94. The fraction of sp³-hybridized carbons (Fsp3) is 0.600. The number of phenolic OH excluding ortho intramolecular Hbond substituents is 1. The van der Waals surface area contributed by atoms with Crippen LogP contribution in [0.5, 0.6) is 5.75 Å². The Morgan fingerprint density at radius 1 is 1.26 bits per heavy atom. The zero-order valence-corrected chi connectivity index (χ0v) is 11.4. The number of nitrogens with one attached hydrogen (secondary N) is 2. The van der Waals surface area contributed by atoms with Crippen LogP contribution in [0.25, 0.3) is 0 Å². The van der Waals surface area contributed by atoms with Crippen LogP contribution in [0, 0.1) is 0 Å². The summed E-state index contributed by atoms with van der Waals surface area (Å²) in [4.78, 5) is 0. The van der Waals surface area contributed by atoms with Gasteiger partial charge in [-0.05, 0) is 56.5 Å². The molecule has 1 unspecified atom stereocenters. The molecule has 19 heavy (non-hydrogen) atoms. The number of rotatable bonds is 6. The van der Waals surface area contributed by atoms with Gasteiger partial charge in [0.15, 0.2) is 0 Å². The van der Waals surface area contributed by atoms with Crippen LogP contribution in [0.15, 0.2) is 24.3 Å². The van der Waals surface area contributed by atoms with Gasteiger partial charge in [-0.2, -0.15) is 0 Å². The first-order chi connectivity index (χ1) is 9.18. The summed E-state index contributed by atoms with van der Waals surface area (Å²) in [7, 11) is 0. The highest BCUT2D eigenvalue weighted by Gasteiger charge is 2.28. The van der Waals surface area contributed by atoms with Gasteiger partial charge in [-0.15, -0.1) is 0 Å². The number of hydrogen-bond acceptors (Lipinski definition) is 4. The van der Waals surface area contributed by atoms with Gasteiger partial charge in [0.2, 0.25) is 0 Å². The van der Waals surface area contributed by atoms with Gasteiger partial charge < -0.3 is 20.8 Å². The highest BCUT2D eigenvalue weighted by molar-refractivity contribution is 5.25. The molecule has 4 nitrogen and oxygen atoms in total. The molecule has 1 saturated heterocycles. The monoisotopic (exact) mass is 264 g/mol. The van der Waals surface area contributed by atoms with Gasteiger partial charge in [0.25, 0.3) is 0 Å². The zero-order chi connectivity index (χ0) is 13.6. The van der Waals surface area contributed by atoms with E-state index < -0.39 is 5.60 Å². The molecule has 1 aromatic carbocycles. The molecule has 1 heterocycles. The highest BCUT2D eigenvalue weighted by atomic mass is 16.3. The Labute approximate surface area is 114 Å². The van der Waals surface area contributed by atoms with Crippen molar-refractivity contribution in [2.75, 3.05) is 26.2 Å². The first-order valence-corrected chi connectivity index (χ1v) is 7.10. The summed E-state index contributed by atoms with van der Waals surface area (Å²) in [5.41, 5.74) is 0.661. The van der Waals surface area contributed by atoms with Gasteiger partial charge in [0.05, 0.1) is 5.60 Å². The second-order valence-corrected chi connectivity index (χ2v) is 5.45. The molecular weight excluding hydrogens is 240 g/mol. The van der Waals surface area contributed by atoms with Crippen LogP contribution < -0.4 is 10.6 Å². The summed E-state index contributed by atoms with van der Waals surface area (Å²) < 4.78 is 0. The average molecular weight is 264 g/mol. The van der Waals surface area contributed by atoms with E-state index in [1.54, 1.807) is 12.1 Å². The van der Waals surface area contributed by atoms with Gasteiger partial charge in [-0.3, -0.25) is 0 Å². The first-order valence-electron chi connectivity index (χ1n) is 7.10. The van der Waals surface area contributed by atoms with Crippen molar-refractivity contribution in [2.45, 2.75) is 31.3 Å². The van der Waals surface area contributed by atoms with Crippen molar-refractivity contribution in [3.63, 3.8) is 0 Å². The van der Waals surface area contributed by atoms with Crippen molar-refractivity contribution in [3.05, 3.63) is 29.8 Å². The molecule has 0 bridgehead atoms. The maximum Gasteiger partial charge on any atom is 0.115 e. The summed E-state index contributed by atoms with van der Waals surface area (Å²) in [5, 5.41) is 26.0. The molecule has 1 atom stereocenters. The molecule has 1 aromatic rings. The lowest BCUT2D eigenvalue weighted by molar-refractivity contribution is 0.0173. The van der Waals surface area contributed by atoms with Gasteiger partial charge in [0, 0.05) is 13.1 Å². The minimum atomic E-state index is -0.573. The van der Waals surface area contributed by atoms with E-state index in [0.29, 0.717) is 18.8 Å². The second kappa shape index (κ2) is 6.89. The molecule has 0 saturated carbocycles. The topological polar surface area (TPSA) is 64.5 Å². The van der Waals surface area contributed by atoms with E-state index in [2.05, 4.69) is 10.6 Å². The van der Waals surface area contributed by atoms with Crippen molar-refractivity contribution in [1.82, 2.24) is 10.6 Å².